The number of imidazole rings is 1. The van der Waals surface area contributed by atoms with Gasteiger partial charge in [-0.1, -0.05) is 0 Å². The average molecular weight is 400 g/mol. The Labute approximate surface area is 170 Å². The maximum Gasteiger partial charge on any atom is 0.317 e. The molecular weight excluding hydrogens is 370 g/mol. The second kappa shape index (κ2) is 7.50. The van der Waals surface area contributed by atoms with E-state index in [1.807, 2.05) is 40.2 Å². The molecule has 0 aromatic carbocycles. The quantitative estimate of drug-likeness (QED) is 0.851. The van der Waals surface area contributed by atoms with Crippen LogP contribution in [0.4, 0.5) is 4.79 Å². The second-order valence-electron chi connectivity index (χ2n) is 8.55. The van der Waals surface area contributed by atoms with Gasteiger partial charge >= 0.3 is 6.03 Å². The van der Waals surface area contributed by atoms with Gasteiger partial charge in [0.15, 0.2) is 0 Å². The molecule has 0 bridgehead atoms. The molecule has 150 valence electrons. The van der Waals surface area contributed by atoms with Crippen molar-refractivity contribution >= 4 is 17.4 Å². The van der Waals surface area contributed by atoms with Gasteiger partial charge in [-0.15, -0.1) is 11.3 Å². The van der Waals surface area contributed by atoms with Gasteiger partial charge < -0.3 is 14.8 Å². The largest absolute Gasteiger partial charge is 0.336 e. The predicted molar refractivity (Wildman–Crippen MR) is 110 cm³/mol. The zero-order valence-electron chi connectivity index (χ0n) is 16.6. The van der Waals surface area contributed by atoms with Crippen LogP contribution in [-0.2, 0) is 19.9 Å². The highest BCUT2D eigenvalue weighted by Crippen LogP contribution is 2.41. The van der Waals surface area contributed by atoms with E-state index in [4.69, 9.17) is 4.98 Å². The van der Waals surface area contributed by atoms with Crippen LogP contribution in [0, 0.1) is 5.92 Å². The molecule has 0 radical (unpaired) electrons. The maximum atomic E-state index is 12.9. The van der Waals surface area contributed by atoms with Crippen molar-refractivity contribution in [3.8, 4) is 0 Å². The van der Waals surface area contributed by atoms with E-state index in [0.717, 1.165) is 38.2 Å². The van der Waals surface area contributed by atoms with E-state index in [0.29, 0.717) is 11.8 Å². The molecule has 2 aromatic rings. The molecule has 2 fully saturated rings. The number of nitrogens with zero attached hydrogens (tertiary/aromatic N) is 4. The van der Waals surface area contributed by atoms with Gasteiger partial charge in [0.25, 0.3) is 0 Å². The summed E-state index contributed by atoms with van der Waals surface area (Å²) in [5.41, 5.74) is 1.36. The molecule has 1 saturated heterocycles. The molecule has 2 aliphatic carbocycles. The number of thiazole rings is 1. The summed E-state index contributed by atoms with van der Waals surface area (Å²) >= 11 is 1.93. The molecule has 0 spiro atoms. The van der Waals surface area contributed by atoms with Crippen LogP contribution >= 0.6 is 11.3 Å². The highest BCUT2D eigenvalue weighted by atomic mass is 32.1. The van der Waals surface area contributed by atoms with E-state index in [2.05, 4.69) is 10.3 Å². The highest BCUT2D eigenvalue weighted by molar-refractivity contribution is 7.11. The van der Waals surface area contributed by atoms with Crippen LogP contribution in [-0.4, -0.2) is 38.6 Å². The normalized spacial score (nSPS) is 21.4. The van der Waals surface area contributed by atoms with E-state index < -0.39 is 0 Å². The second-order valence-corrected chi connectivity index (χ2v) is 9.67. The van der Waals surface area contributed by atoms with Crippen LogP contribution in [0.15, 0.2) is 12.4 Å². The van der Waals surface area contributed by atoms with Crippen LogP contribution in [0.5, 0.6) is 0 Å². The number of rotatable bonds is 4. The van der Waals surface area contributed by atoms with Crippen LogP contribution in [0.3, 0.4) is 0 Å². The number of nitrogens with one attached hydrogen (secondary N) is 1. The molecule has 7 heteroatoms. The first-order valence-electron chi connectivity index (χ1n) is 10.7. The maximum absolute atomic E-state index is 12.9. The molecule has 2 amide bonds. The molecule has 2 aromatic heterocycles. The molecule has 1 saturated carbocycles. The van der Waals surface area contributed by atoms with E-state index in [9.17, 15) is 4.79 Å². The van der Waals surface area contributed by atoms with Gasteiger partial charge in [0.2, 0.25) is 0 Å². The van der Waals surface area contributed by atoms with Crippen molar-refractivity contribution in [2.75, 3.05) is 13.1 Å². The molecule has 3 aliphatic rings. The smallest absolute Gasteiger partial charge is 0.317 e. The lowest BCUT2D eigenvalue weighted by atomic mass is 9.97. The van der Waals surface area contributed by atoms with Crippen molar-refractivity contribution in [2.45, 2.75) is 63.3 Å². The fraction of sp³-hybridized carbons (Fsp3) is 0.667. The number of amides is 2. The lowest BCUT2D eigenvalue weighted by Crippen LogP contribution is -2.46. The first-order chi connectivity index (χ1) is 13.7. The summed E-state index contributed by atoms with van der Waals surface area (Å²) < 4.78 is 2.03. The zero-order chi connectivity index (χ0) is 19.1. The number of likely N-dealkylation sites (tertiary alicyclic amines) is 1. The predicted octanol–water partition coefficient (Wildman–Crippen LogP) is 3.80. The van der Waals surface area contributed by atoms with Crippen LogP contribution in [0.25, 0.3) is 0 Å². The van der Waals surface area contributed by atoms with Crippen LogP contribution in [0.1, 0.15) is 71.9 Å². The Bertz CT molecular complexity index is 823. The molecule has 1 N–H and O–H groups in total. The van der Waals surface area contributed by atoms with Gasteiger partial charge in [-0.25, -0.2) is 14.8 Å². The summed E-state index contributed by atoms with van der Waals surface area (Å²) in [5, 5.41) is 4.59. The van der Waals surface area contributed by atoms with Crippen molar-refractivity contribution in [1.29, 1.82) is 0 Å². The summed E-state index contributed by atoms with van der Waals surface area (Å²) in [4.78, 5) is 25.9. The van der Waals surface area contributed by atoms with E-state index in [-0.39, 0.29) is 12.1 Å². The first-order valence-corrected chi connectivity index (χ1v) is 11.5. The van der Waals surface area contributed by atoms with Gasteiger partial charge in [0.05, 0.1) is 16.7 Å². The Morgan fingerprint density at radius 2 is 2.00 bits per heavy atom. The van der Waals surface area contributed by atoms with Crippen molar-refractivity contribution in [3.05, 3.63) is 33.8 Å². The number of piperidine rings is 1. The number of hydrogen-bond acceptors (Lipinski definition) is 4. The Balaban J connectivity index is 1.20. The third kappa shape index (κ3) is 3.56. The summed E-state index contributed by atoms with van der Waals surface area (Å²) in [6, 6.07) is 0.104. The molecular formula is C21H29N5OS. The molecule has 28 heavy (non-hydrogen) atoms. The van der Waals surface area contributed by atoms with Gasteiger partial charge in [-0.05, 0) is 57.3 Å². The van der Waals surface area contributed by atoms with Crippen LogP contribution in [0.2, 0.25) is 0 Å². The monoisotopic (exact) mass is 399 g/mol. The minimum absolute atomic E-state index is 0.0379. The zero-order valence-corrected chi connectivity index (χ0v) is 17.4. The standard InChI is InChI=1S/C21H29N5OS/c1-25-13-10-22-19(25)18(14-6-7-14)24-21(27)26-11-8-15(9-12-26)20-23-16-4-2-3-5-17(16)28-20/h10,13-15,18H,2-9,11-12H2,1H3,(H,24,27). The highest BCUT2D eigenvalue weighted by Gasteiger charge is 2.37. The molecule has 1 atom stereocenters. The fourth-order valence-corrected chi connectivity index (χ4v) is 5.92. The minimum atomic E-state index is 0.0379. The molecule has 3 heterocycles. The Morgan fingerprint density at radius 3 is 2.68 bits per heavy atom. The fourth-order valence-electron chi connectivity index (χ4n) is 4.60. The number of aryl methyl sites for hydroxylation is 3. The summed E-state index contributed by atoms with van der Waals surface area (Å²) in [7, 11) is 2.00. The van der Waals surface area contributed by atoms with E-state index in [1.54, 1.807) is 0 Å². The van der Waals surface area contributed by atoms with E-state index in [1.165, 1.54) is 47.7 Å². The number of fused-ring (bicyclic) bond motifs is 1. The van der Waals surface area contributed by atoms with Gasteiger partial charge in [-0.3, -0.25) is 0 Å². The lowest BCUT2D eigenvalue weighted by molar-refractivity contribution is 0.175. The number of urea groups is 1. The van der Waals surface area contributed by atoms with Gasteiger partial charge in [0.1, 0.15) is 5.82 Å². The lowest BCUT2D eigenvalue weighted by Gasteiger charge is -2.32. The van der Waals surface area contributed by atoms with Crippen molar-refractivity contribution < 1.29 is 4.79 Å². The number of carbonyl (C=O) groups is 1. The number of aromatic nitrogens is 3. The van der Waals surface area contributed by atoms with Crippen molar-refractivity contribution in [3.63, 3.8) is 0 Å². The Kier molecular flexibility index (Phi) is 4.87. The minimum Gasteiger partial charge on any atom is -0.336 e. The molecule has 1 aliphatic heterocycles. The first kappa shape index (κ1) is 18.2. The topological polar surface area (TPSA) is 63.1 Å². The third-order valence-corrected chi connectivity index (χ3v) is 7.82. The third-order valence-electron chi connectivity index (χ3n) is 6.50. The Morgan fingerprint density at radius 1 is 1.21 bits per heavy atom. The van der Waals surface area contributed by atoms with Crippen LogP contribution < -0.4 is 5.32 Å². The molecule has 1 unspecified atom stereocenters. The Hall–Kier alpha value is -1.89. The summed E-state index contributed by atoms with van der Waals surface area (Å²) in [6.45, 7) is 1.64. The number of carbonyl (C=O) groups excluding carboxylic acids is 1. The number of hydrogen-bond donors (Lipinski definition) is 1. The molecule has 5 rings (SSSR count). The van der Waals surface area contributed by atoms with Gasteiger partial charge in [-0.2, -0.15) is 0 Å². The van der Waals surface area contributed by atoms with Gasteiger partial charge in [0, 0.05) is 43.3 Å². The summed E-state index contributed by atoms with van der Waals surface area (Å²) in [5.74, 6) is 2.02. The average Bonchev–Trinajstić information content (AvgIpc) is 3.33. The molecule has 6 nitrogen and oxygen atoms in total. The summed E-state index contributed by atoms with van der Waals surface area (Å²) in [6.07, 6.45) is 13.1. The van der Waals surface area contributed by atoms with Crippen molar-refractivity contribution in [2.24, 2.45) is 13.0 Å². The van der Waals surface area contributed by atoms with Crippen molar-refractivity contribution in [1.82, 2.24) is 24.8 Å². The SMILES string of the molecule is Cn1ccnc1C(NC(=O)N1CCC(c2nc3c(s2)CCCC3)CC1)C1CC1. The van der Waals surface area contributed by atoms with E-state index >= 15 is 0 Å².